The third-order valence-electron chi connectivity index (χ3n) is 4.03. The monoisotopic (exact) mass is 331 g/mol. The molecule has 1 aliphatic rings. The van der Waals surface area contributed by atoms with Crippen molar-refractivity contribution >= 4 is 11.9 Å². The van der Waals surface area contributed by atoms with Crippen LogP contribution in [-0.4, -0.2) is 51.1 Å². The second kappa shape index (κ2) is 5.78. The number of hydrogen-bond acceptors (Lipinski definition) is 4. The Morgan fingerprint density at radius 2 is 1.65 bits per heavy atom. The van der Waals surface area contributed by atoms with Crippen LogP contribution >= 0.6 is 0 Å². The quantitative estimate of drug-likeness (QED) is 0.892. The number of carboxylic acids is 1. The normalized spacial score (nSPS) is 21.6. The van der Waals surface area contributed by atoms with Crippen LogP contribution in [0.3, 0.4) is 0 Å². The molecule has 0 unspecified atom stereocenters. The van der Waals surface area contributed by atoms with Crippen LogP contribution in [0.5, 0.6) is 0 Å². The van der Waals surface area contributed by atoms with Crippen molar-refractivity contribution in [2.45, 2.75) is 26.9 Å². The van der Waals surface area contributed by atoms with Gasteiger partial charge in [-0.3, -0.25) is 14.6 Å². The zero-order valence-corrected chi connectivity index (χ0v) is 12.8. The molecule has 9 heteroatoms. The molecule has 1 aromatic heterocycles. The van der Waals surface area contributed by atoms with Crippen molar-refractivity contribution in [1.82, 2.24) is 14.9 Å². The number of hydrogen-bond donors (Lipinski definition) is 1. The first-order valence-electron chi connectivity index (χ1n) is 6.93. The van der Waals surface area contributed by atoms with Crippen LogP contribution in [0.15, 0.2) is 0 Å². The lowest BCUT2D eigenvalue weighted by atomic mass is 9.96. The molecule has 2 atom stereocenters. The number of rotatable bonds is 2. The lowest BCUT2D eigenvalue weighted by Crippen LogP contribution is -2.34. The summed E-state index contributed by atoms with van der Waals surface area (Å²) >= 11 is 0. The summed E-state index contributed by atoms with van der Waals surface area (Å²) in [6, 6.07) is 0. The van der Waals surface area contributed by atoms with Gasteiger partial charge in [-0.2, -0.15) is 13.2 Å². The van der Waals surface area contributed by atoms with Crippen molar-refractivity contribution in [1.29, 1.82) is 0 Å². The molecular formula is C14H16F3N3O3. The number of amides is 1. The Bertz CT molecular complexity index is 661. The molecule has 23 heavy (non-hydrogen) atoms. The van der Waals surface area contributed by atoms with Crippen LogP contribution in [0.4, 0.5) is 13.2 Å². The smallest absolute Gasteiger partial charge is 0.394 e. The van der Waals surface area contributed by atoms with E-state index >= 15 is 0 Å². The van der Waals surface area contributed by atoms with Gasteiger partial charge in [0.15, 0.2) is 0 Å². The van der Waals surface area contributed by atoms with Crippen LogP contribution in [0.2, 0.25) is 0 Å². The van der Waals surface area contributed by atoms with E-state index in [1.165, 1.54) is 0 Å². The van der Waals surface area contributed by atoms with Crippen molar-refractivity contribution in [2.24, 2.45) is 11.8 Å². The van der Waals surface area contributed by atoms with Gasteiger partial charge in [-0.25, -0.2) is 4.98 Å². The molecule has 0 bridgehead atoms. The van der Waals surface area contributed by atoms with E-state index in [0.717, 1.165) is 4.90 Å². The Kier molecular flexibility index (Phi) is 4.32. The van der Waals surface area contributed by atoms with E-state index in [2.05, 4.69) is 9.97 Å². The van der Waals surface area contributed by atoms with Crippen molar-refractivity contribution in [2.75, 3.05) is 13.1 Å². The molecule has 0 spiro atoms. The van der Waals surface area contributed by atoms with Crippen LogP contribution in [0.25, 0.3) is 0 Å². The first-order chi connectivity index (χ1) is 10.5. The number of aliphatic carboxylic acids is 1. The molecule has 1 aliphatic heterocycles. The number of likely N-dealkylation sites (tertiary alicyclic amines) is 1. The summed E-state index contributed by atoms with van der Waals surface area (Å²) in [7, 11) is 0. The average Bonchev–Trinajstić information content (AvgIpc) is 2.87. The Morgan fingerprint density at radius 1 is 1.09 bits per heavy atom. The third kappa shape index (κ3) is 3.27. The van der Waals surface area contributed by atoms with Crippen LogP contribution in [-0.2, 0) is 4.79 Å². The fourth-order valence-electron chi connectivity index (χ4n) is 2.62. The van der Waals surface area contributed by atoms with Crippen LogP contribution in [0.1, 0.15) is 27.6 Å². The van der Waals surface area contributed by atoms with Crippen molar-refractivity contribution < 1.29 is 27.9 Å². The topological polar surface area (TPSA) is 83.4 Å². The molecule has 6 nitrogen and oxygen atoms in total. The zero-order chi connectivity index (χ0) is 17.5. The minimum absolute atomic E-state index is 0.0416. The number of aromatic nitrogens is 2. The largest absolute Gasteiger partial charge is 0.481 e. The number of alkyl halides is 3. The predicted octanol–water partition coefficient (Wildman–Crippen LogP) is 1.74. The van der Waals surface area contributed by atoms with Gasteiger partial charge in [-0.1, -0.05) is 0 Å². The number of carbonyl (C=O) groups is 2. The highest BCUT2D eigenvalue weighted by atomic mass is 19.4. The standard InChI is InChI=1S/C14H16F3N3O3/c1-6-7(2)19-11(8(3)18-6)12(21)20-4-9(13(22)23)10(5-20)14(15,16)17/h9-10H,4-5H2,1-3H3,(H,22,23)/t9-,10-/m1/s1. The van der Waals surface area contributed by atoms with Gasteiger partial charge in [0.25, 0.3) is 5.91 Å². The highest BCUT2D eigenvalue weighted by molar-refractivity contribution is 5.94. The van der Waals surface area contributed by atoms with E-state index in [4.69, 9.17) is 5.11 Å². The van der Waals surface area contributed by atoms with Crippen LogP contribution in [0, 0.1) is 32.6 Å². The molecule has 1 amide bonds. The molecule has 0 aromatic carbocycles. The van der Waals surface area contributed by atoms with Crippen molar-refractivity contribution in [3.8, 4) is 0 Å². The molecule has 0 saturated carbocycles. The van der Waals surface area contributed by atoms with Gasteiger partial charge in [0.05, 0.1) is 28.9 Å². The second-order valence-corrected chi connectivity index (χ2v) is 5.63. The van der Waals surface area contributed by atoms with E-state index in [1.807, 2.05) is 0 Å². The van der Waals surface area contributed by atoms with Gasteiger partial charge in [0.1, 0.15) is 5.69 Å². The molecule has 1 saturated heterocycles. The maximum absolute atomic E-state index is 13.0. The van der Waals surface area contributed by atoms with E-state index < -0.39 is 43.0 Å². The SMILES string of the molecule is Cc1nc(C)c(C(=O)N2C[C@@H](C(F)(F)F)[C@H](C(=O)O)C2)nc1C. The Morgan fingerprint density at radius 3 is 2.13 bits per heavy atom. The van der Waals surface area contributed by atoms with Crippen molar-refractivity contribution in [3.05, 3.63) is 22.8 Å². The first-order valence-corrected chi connectivity index (χ1v) is 6.93. The molecule has 2 rings (SSSR count). The number of aryl methyl sites for hydroxylation is 3. The van der Waals surface area contributed by atoms with Gasteiger partial charge in [-0.05, 0) is 20.8 Å². The maximum Gasteiger partial charge on any atom is 0.394 e. The first kappa shape index (κ1) is 17.2. The number of nitrogens with zero attached hydrogens (tertiary/aromatic N) is 3. The Labute approximate surface area is 130 Å². The fourth-order valence-corrected chi connectivity index (χ4v) is 2.62. The summed E-state index contributed by atoms with van der Waals surface area (Å²) in [6.45, 7) is 3.71. The number of carbonyl (C=O) groups excluding carboxylic acids is 1. The molecule has 1 N–H and O–H groups in total. The van der Waals surface area contributed by atoms with Gasteiger partial charge in [-0.15, -0.1) is 0 Å². The summed E-state index contributed by atoms with van der Waals surface area (Å²) in [6.07, 6.45) is -4.68. The number of carboxylic acid groups (broad SMARTS) is 1. The summed E-state index contributed by atoms with van der Waals surface area (Å²) in [4.78, 5) is 32.6. The van der Waals surface area contributed by atoms with E-state index in [-0.39, 0.29) is 5.69 Å². The van der Waals surface area contributed by atoms with Crippen LogP contribution < -0.4 is 0 Å². The summed E-state index contributed by atoms with van der Waals surface area (Å²) in [5.41, 5.74) is 1.39. The molecule has 126 valence electrons. The van der Waals surface area contributed by atoms with E-state index in [1.54, 1.807) is 20.8 Å². The fraction of sp³-hybridized carbons (Fsp3) is 0.571. The molecule has 1 aromatic rings. The van der Waals surface area contributed by atoms with Gasteiger partial charge in [0, 0.05) is 13.1 Å². The molecule has 0 radical (unpaired) electrons. The molecule has 0 aliphatic carbocycles. The van der Waals surface area contributed by atoms with Gasteiger partial charge in [0.2, 0.25) is 0 Å². The second-order valence-electron chi connectivity index (χ2n) is 5.63. The lowest BCUT2D eigenvalue weighted by molar-refractivity contribution is -0.187. The Balaban J connectivity index is 2.31. The third-order valence-corrected chi connectivity index (χ3v) is 4.03. The van der Waals surface area contributed by atoms with E-state index in [0.29, 0.717) is 17.1 Å². The number of halogens is 3. The van der Waals surface area contributed by atoms with Crippen molar-refractivity contribution in [3.63, 3.8) is 0 Å². The van der Waals surface area contributed by atoms with E-state index in [9.17, 15) is 22.8 Å². The molecule has 2 heterocycles. The summed E-state index contributed by atoms with van der Waals surface area (Å²) in [5.74, 6) is -6.04. The molecule has 1 fully saturated rings. The molecular weight excluding hydrogens is 315 g/mol. The minimum atomic E-state index is -4.68. The van der Waals surface area contributed by atoms with Gasteiger partial charge >= 0.3 is 12.1 Å². The lowest BCUT2D eigenvalue weighted by Gasteiger charge is -2.18. The predicted molar refractivity (Wildman–Crippen MR) is 72.8 cm³/mol. The van der Waals surface area contributed by atoms with Gasteiger partial charge < -0.3 is 10.0 Å². The average molecular weight is 331 g/mol. The zero-order valence-electron chi connectivity index (χ0n) is 12.8. The Hall–Kier alpha value is -2.19. The summed E-state index contributed by atoms with van der Waals surface area (Å²) < 4.78 is 38.9. The summed E-state index contributed by atoms with van der Waals surface area (Å²) in [5, 5.41) is 8.99. The highest BCUT2D eigenvalue weighted by Crippen LogP contribution is 2.38. The maximum atomic E-state index is 13.0. The highest BCUT2D eigenvalue weighted by Gasteiger charge is 2.53. The minimum Gasteiger partial charge on any atom is -0.481 e.